The molecule has 0 aromatic heterocycles. The number of hydrogen-bond donors (Lipinski definition) is 1. The molecule has 2 heteroatoms. The third-order valence-corrected chi connectivity index (χ3v) is 3.71. The Labute approximate surface area is 113 Å². The van der Waals surface area contributed by atoms with E-state index in [0.717, 1.165) is 24.2 Å². The Morgan fingerprint density at radius 2 is 1.95 bits per heavy atom. The molecule has 0 heterocycles. The molecule has 0 bridgehead atoms. The van der Waals surface area contributed by atoms with Gasteiger partial charge >= 0.3 is 0 Å². The SMILES string of the molecule is Cc1ccc(COc2cccc3c2CCC3O)cc1. The molecule has 2 nitrogen and oxygen atoms in total. The Bertz CT molecular complexity index is 572. The van der Waals surface area contributed by atoms with Crippen molar-refractivity contribution in [1.82, 2.24) is 0 Å². The first kappa shape index (κ1) is 12.2. The van der Waals surface area contributed by atoms with Crippen LogP contribution in [0.3, 0.4) is 0 Å². The van der Waals surface area contributed by atoms with Crippen molar-refractivity contribution in [3.05, 3.63) is 64.7 Å². The van der Waals surface area contributed by atoms with E-state index in [1.807, 2.05) is 18.2 Å². The first-order valence-corrected chi connectivity index (χ1v) is 6.72. The van der Waals surface area contributed by atoms with Crippen molar-refractivity contribution in [2.24, 2.45) is 0 Å². The molecule has 1 unspecified atom stereocenters. The number of aliphatic hydroxyl groups excluding tert-OH is 1. The maximum atomic E-state index is 9.87. The molecule has 1 N–H and O–H groups in total. The summed E-state index contributed by atoms with van der Waals surface area (Å²) < 4.78 is 5.91. The quantitative estimate of drug-likeness (QED) is 0.907. The van der Waals surface area contributed by atoms with E-state index in [1.54, 1.807) is 0 Å². The summed E-state index contributed by atoms with van der Waals surface area (Å²) in [6.45, 7) is 2.66. The van der Waals surface area contributed by atoms with Crippen LogP contribution in [0.25, 0.3) is 0 Å². The normalized spacial score (nSPS) is 17.3. The summed E-state index contributed by atoms with van der Waals surface area (Å²) in [6.07, 6.45) is 1.39. The van der Waals surface area contributed by atoms with Crippen molar-refractivity contribution in [2.45, 2.75) is 32.5 Å². The highest BCUT2D eigenvalue weighted by molar-refractivity contribution is 5.44. The molecule has 0 amide bonds. The van der Waals surface area contributed by atoms with E-state index in [2.05, 4.69) is 31.2 Å². The zero-order valence-electron chi connectivity index (χ0n) is 11.1. The zero-order valence-corrected chi connectivity index (χ0v) is 11.1. The Balaban J connectivity index is 1.76. The maximum absolute atomic E-state index is 9.87. The van der Waals surface area contributed by atoms with E-state index < -0.39 is 0 Å². The molecule has 2 aromatic carbocycles. The van der Waals surface area contributed by atoms with Crippen molar-refractivity contribution in [3.8, 4) is 5.75 Å². The van der Waals surface area contributed by atoms with Gasteiger partial charge in [-0.1, -0.05) is 42.0 Å². The molecule has 2 aromatic rings. The molecular formula is C17H18O2. The second-order valence-corrected chi connectivity index (χ2v) is 5.15. The van der Waals surface area contributed by atoms with Gasteiger partial charge in [0.2, 0.25) is 0 Å². The molecule has 0 spiro atoms. The van der Waals surface area contributed by atoms with Gasteiger partial charge in [-0.3, -0.25) is 0 Å². The number of hydrogen-bond acceptors (Lipinski definition) is 2. The fourth-order valence-corrected chi connectivity index (χ4v) is 2.58. The number of ether oxygens (including phenoxy) is 1. The summed E-state index contributed by atoms with van der Waals surface area (Å²) >= 11 is 0. The third-order valence-electron chi connectivity index (χ3n) is 3.71. The smallest absolute Gasteiger partial charge is 0.123 e. The van der Waals surface area contributed by atoms with Crippen molar-refractivity contribution < 1.29 is 9.84 Å². The van der Waals surface area contributed by atoms with Gasteiger partial charge in [0.25, 0.3) is 0 Å². The monoisotopic (exact) mass is 254 g/mol. The molecule has 1 aliphatic carbocycles. The summed E-state index contributed by atoms with van der Waals surface area (Å²) in [7, 11) is 0. The zero-order chi connectivity index (χ0) is 13.2. The molecule has 0 saturated carbocycles. The highest BCUT2D eigenvalue weighted by Crippen LogP contribution is 2.36. The van der Waals surface area contributed by atoms with Crippen molar-refractivity contribution in [2.75, 3.05) is 0 Å². The van der Waals surface area contributed by atoms with Crippen LogP contribution in [0.1, 0.15) is 34.8 Å². The van der Waals surface area contributed by atoms with E-state index >= 15 is 0 Å². The van der Waals surface area contributed by atoms with Crippen molar-refractivity contribution >= 4 is 0 Å². The van der Waals surface area contributed by atoms with Crippen molar-refractivity contribution in [1.29, 1.82) is 0 Å². The molecule has 98 valence electrons. The summed E-state index contributed by atoms with van der Waals surface area (Å²) in [4.78, 5) is 0. The minimum absolute atomic E-state index is 0.321. The average Bonchev–Trinajstić information content (AvgIpc) is 2.81. The molecule has 19 heavy (non-hydrogen) atoms. The lowest BCUT2D eigenvalue weighted by Gasteiger charge is -2.11. The third kappa shape index (κ3) is 2.49. The van der Waals surface area contributed by atoms with Crippen LogP contribution in [-0.2, 0) is 13.0 Å². The largest absolute Gasteiger partial charge is 0.489 e. The van der Waals surface area contributed by atoms with Crippen LogP contribution < -0.4 is 4.74 Å². The molecule has 0 radical (unpaired) electrons. The number of aliphatic hydroxyl groups is 1. The molecule has 1 aliphatic rings. The van der Waals surface area contributed by atoms with Gasteiger partial charge in [0.1, 0.15) is 12.4 Å². The standard InChI is InChI=1S/C17H18O2/c1-12-5-7-13(8-6-12)11-19-17-4-2-3-14-15(17)9-10-16(14)18/h2-8,16,18H,9-11H2,1H3. The van der Waals surface area contributed by atoms with Crippen molar-refractivity contribution in [3.63, 3.8) is 0 Å². The van der Waals surface area contributed by atoms with Crippen LogP contribution in [0.2, 0.25) is 0 Å². The Morgan fingerprint density at radius 3 is 2.74 bits per heavy atom. The lowest BCUT2D eigenvalue weighted by Crippen LogP contribution is -1.99. The highest BCUT2D eigenvalue weighted by atomic mass is 16.5. The lowest BCUT2D eigenvalue weighted by atomic mass is 10.1. The molecule has 3 rings (SSSR count). The van der Waals surface area contributed by atoms with Gasteiger partial charge < -0.3 is 9.84 Å². The van der Waals surface area contributed by atoms with Crippen LogP contribution in [-0.4, -0.2) is 5.11 Å². The van der Waals surface area contributed by atoms with Crippen LogP contribution in [0, 0.1) is 6.92 Å². The number of benzene rings is 2. The number of aryl methyl sites for hydroxylation is 1. The second-order valence-electron chi connectivity index (χ2n) is 5.15. The molecule has 0 aliphatic heterocycles. The Morgan fingerprint density at radius 1 is 1.16 bits per heavy atom. The van der Waals surface area contributed by atoms with Crippen LogP contribution >= 0.6 is 0 Å². The van der Waals surface area contributed by atoms with E-state index in [4.69, 9.17) is 4.74 Å². The first-order chi connectivity index (χ1) is 9.24. The van der Waals surface area contributed by atoms with Crippen LogP contribution in [0.4, 0.5) is 0 Å². The predicted octanol–water partition coefficient (Wildman–Crippen LogP) is 3.55. The number of rotatable bonds is 3. The highest BCUT2D eigenvalue weighted by Gasteiger charge is 2.23. The van der Waals surface area contributed by atoms with Gasteiger partial charge in [0.05, 0.1) is 6.10 Å². The molecule has 0 fully saturated rings. The van der Waals surface area contributed by atoms with E-state index in [1.165, 1.54) is 16.7 Å². The Kier molecular flexibility index (Phi) is 3.26. The van der Waals surface area contributed by atoms with Gasteiger partial charge in [-0.15, -0.1) is 0 Å². The minimum atomic E-state index is -0.321. The topological polar surface area (TPSA) is 29.5 Å². The summed E-state index contributed by atoms with van der Waals surface area (Å²) in [6, 6.07) is 14.3. The fourth-order valence-electron chi connectivity index (χ4n) is 2.58. The van der Waals surface area contributed by atoms with E-state index in [9.17, 15) is 5.11 Å². The van der Waals surface area contributed by atoms with Crippen LogP contribution in [0.15, 0.2) is 42.5 Å². The van der Waals surface area contributed by atoms with Gasteiger partial charge in [-0.2, -0.15) is 0 Å². The molecule has 1 atom stereocenters. The van der Waals surface area contributed by atoms with Gasteiger partial charge in [-0.05, 0) is 37.0 Å². The Hall–Kier alpha value is -1.80. The second kappa shape index (κ2) is 5.06. The summed E-state index contributed by atoms with van der Waals surface area (Å²) in [5.74, 6) is 0.912. The van der Waals surface area contributed by atoms with Crippen LogP contribution in [0.5, 0.6) is 5.75 Å². The van der Waals surface area contributed by atoms with Gasteiger partial charge in [0, 0.05) is 5.56 Å². The fraction of sp³-hybridized carbons (Fsp3) is 0.294. The molecular weight excluding hydrogens is 236 g/mol. The maximum Gasteiger partial charge on any atom is 0.123 e. The average molecular weight is 254 g/mol. The summed E-state index contributed by atoms with van der Waals surface area (Å²) in [5, 5.41) is 9.87. The van der Waals surface area contributed by atoms with Gasteiger partial charge in [0.15, 0.2) is 0 Å². The first-order valence-electron chi connectivity index (χ1n) is 6.72. The predicted molar refractivity (Wildman–Crippen MR) is 75.2 cm³/mol. The van der Waals surface area contributed by atoms with E-state index in [-0.39, 0.29) is 6.10 Å². The lowest BCUT2D eigenvalue weighted by molar-refractivity contribution is 0.180. The van der Waals surface area contributed by atoms with E-state index in [0.29, 0.717) is 6.61 Å². The number of fused-ring (bicyclic) bond motifs is 1. The summed E-state index contributed by atoms with van der Waals surface area (Å²) in [5.41, 5.74) is 4.62. The minimum Gasteiger partial charge on any atom is -0.489 e. The van der Waals surface area contributed by atoms with Gasteiger partial charge in [-0.25, -0.2) is 0 Å². The molecule has 0 saturated heterocycles.